The Bertz CT molecular complexity index is 703. The summed E-state index contributed by atoms with van der Waals surface area (Å²) in [5, 5.41) is 20.7. The number of nitrogens with one attached hydrogen (secondary N) is 1. The summed E-state index contributed by atoms with van der Waals surface area (Å²) in [5.74, 6) is -1.91. The number of rotatable bonds is 15. The largest absolute Gasteiger partial charge is 0.481 e. The third-order valence-corrected chi connectivity index (χ3v) is 5.74. The second-order valence-electron chi connectivity index (χ2n) is 8.82. The molecule has 0 aliphatic heterocycles. The Hall–Kier alpha value is -2.02. The molecule has 0 aliphatic carbocycles. The number of carbonyl (C=O) groups is 3. The second-order valence-corrected chi connectivity index (χ2v) is 9.89. The molecule has 1 amide bonds. The van der Waals surface area contributed by atoms with Crippen molar-refractivity contribution in [2.45, 2.75) is 79.7 Å². The Morgan fingerprint density at radius 3 is 2.00 bits per heavy atom. The van der Waals surface area contributed by atoms with Crippen LogP contribution in [0.4, 0.5) is 0 Å². The molecule has 0 rings (SSSR count). The van der Waals surface area contributed by atoms with Crippen molar-refractivity contribution in [3.05, 3.63) is 34.9 Å². The van der Waals surface area contributed by atoms with Gasteiger partial charge in [-0.25, -0.2) is 4.79 Å². The average Bonchev–Trinajstić information content (AvgIpc) is 2.62. The van der Waals surface area contributed by atoms with Gasteiger partial charge in [0.15, 0.2) is 0 Å². The molecule has 0 aromatic rings. The zero-order valence-corrected chi connectivity index (χ0v) is 20.6. The fourth-order valence-electron chi connectivity index (χ4n) is 2.71. The SMILES string of the molecule is CC(C)=CCCC(C)=CCCC(C)=CCSCC(NC(=O)C(C)(C)CC(=O)O)C(=O)O. The molecule has 0 spiro atoms. The van der Waals surface area contributed by atoms with Gasteiger partial charge in [-0.3, -0.25) is 9.59 Å². The highest BCUT2D eigenvalue weighted by Gasteiger charge is 2.33. The maximum atomic E-state index is 12.3. The predicted octanol–water partition coefficient (Wildman–Crippen LogP) is 5.21. The van der Waals surface area contributed by atoms with Gasteiger partial charge in [-0.15, -0.1) is 0 Å². The van der Waals surface area contributed by atoms with Gasteiger partial charge in [0.2, 0.25) is 5.91 Å². The Balaban J connectivity index is 4.44. The van der Waals surface area contributed by atoms with Crippen molar-refractivity contribution in [2.75, 3.05) is 11.5 Å². The lowest BCUT2D eigenvalue weighted by Crippen LogP contribution is -2.48. The lowest BCUT2D eigenvalue weighted by Gasteiger charge is -2.24. The van der Waals surface area contributed by atoms with Gasteiger partial charge in [0.25, 0.3) is 0 Å². The molecule has 1 atom stereocenters. The summed E-state index contributed by atoms with van der Waals surface area (Å²) in [4.78, 5) is 34.6. The van der Waals surface area contributed by atoms with Crippen LogP contribution in [0.25, 0.3) is 0 Å². The van der Waals surface area contributed by atoms with E-state index in [1.54, 1.807) is 0 Å². The number of hydrogen-bond acceptors (Lipinski definition) is 4. The van der Waals surface area contributed by atoms with Crippen molar-refractivity contribution < 1.29 is 24.6 Å². The maximum Gasteiger partial charge on any atom is 0.327 e. The minimum absolute atomic E-state index is 0.220. The summed E-state index contributed by atoms with van der Waals surface area (Å²) in [6.45, 7) is 11.4. The van der Waals surface area contributed by atoms with E-state index in [4.69, 9.17) is 5.11 Å². The predicted molar refractivity (Wildman–Crippen MR) is 128 cm³/mol. The van der Waals surface area contributed by atoms with E-state index in [2.05, 4.69) is 51.2 Å². The zero-order chi connectivity index (χ0) is 24.0. The van der Waals surface area contributed by atoms with Gasteiger partial charge in [0.1, 0.15) is 6.04 Å². The summed E-state index contributed by atoms with van der Waals surface area (Å²) in [6.07, 6.45) is 10.4. The Morgan fingerprint density at radius 2 is 1.48 bits per heavy atom. The van der Waals surface area contributed by atoms with Gasteiger partial charge in [-0.1, -0.05) is 48.8 Å². The van der Waals surface area contributed by atoms with E-state index in [0.717, 1.165) is 25.7 Å². The molecule has 0 radical (unpaired) electrons. The van der Waals surface area contributed by atoms with Gasteiger partial charge in [-0.2, -0.15) is 11.8 Å². The number of aliphatic carboxylic acids is 2. The molecule has 6 nitrogen and oxygen atoms in total. The van der Waals surface area contributed by atoms with E-state index < -0.39 is 29.3 Å². The summed E-state index contributed by atoms with van der Waals surface area (Å²) >= 11 is 1.43. The fourth-order valence-corrected chi connectivity index (χ4v) is 3.71. The number of hydrogen-bond donors (Lipinski definition) is 3. The van der Waals surface area contributed by atoms with E-state index in [0.29, 0.717) is 5.75 Å². The number of amides is 1. The van der Waals surface area contributed by atoms with E-state index >= 15 is 0 Å². The summed E-state index contributed by atoms with van der Waals surface area (Å²) in [6, 6.07) is -1.05. The van der Waals surface area contributed by atoms with E-state index in [1.165, 1.54) is 42.3 Å². The molecule has 0 fully saturated rings. The monoisotopic (exact) mass is 453 g/mol. The Kier molecular flexibility index (Phi) is 13.9. The molecule has 0 saturated heterocycles. The lowest BCUT2D eigenvalue weighted by molar-refractivity contribution is -0.146. The molecule has 0 aromatic heterocycles. The Morgan fingerprint density at radius 1 is 0.935 bits per heavy atom. The van der Waals surface area contributed by atoms with Crippen molar-refractivity contribution >= 4 is 29.6 Å². The van der Waals surface area contributed by atoms with Gasteiger partial charge >= 0.3 is 11.9 Å². The molecule has 31 heavy (non-hydrogen) atoms. The van der Waals surface area contributed by atoms with Crippen LogP contribution in [-0.2, 0) is 14.4 Å². The molecule has 0 saturated carbocycles. The topological polar surface area (TPSA) is 104 Å². The highest BCUT2D eigenvalue weighted by Crippen LogP contribution is 2.21. The molecule has 0 aliphatic rings. The number of thioether (sulfide) groups is 1. The number of carboxylic acids is 2. The molecule has 176 valence electrons. The quantitative estimate of drug-likeness (QED) is 0.232. The van der Waals surface area contributed by atoms with Crippen LogP contribution in [0.2, 0.25) is 0 Å². The highest BCUT2D eigenvalue weighted by molar-refractivity contribution is 7.99. The number of allylic oxidation sites excluding steroid dienone is 5. The lowest BCUT2D eigenvalue weighted by atomic mass is 9.88. The van der Waals surface area contributed by atoms with Crippen molar-refractivity contribution in [3.63, 3.8) is 0 Å². The van der Waals surface area contributed by atoms with Crippen LogP contribution >= 0.6 is 11.8 Å². The normalized spacial score (nSPS) is 13.5. The molecular formula is C24H39NO5S. The molecule has 0 bridgehead atoms. The molecule has 1 unspecified atom stereocenters. The second kappa shape index (κ2) is 14.9. The van der Waals surface area contributed by atoms with Crippen molar-refractivity contribution in [1.29, 1.82) is 0 Å². The van der Waals surface area contributed by atoms with Crippen LogP contribution < -0.4 is 5.32 Å². The van der Waals surface area contributed by atoms with Gasteiger partial charge in [-0.05, 0) is 53.4 Å². The third-order valence-electron chi connectivity index (χ3n) is 4.77. The third kappa shape index (κ3) is 14.6. The molecular weight excluding hydrogens is 414 g/mol. The Labute approximate surface area is 191 Å². The first-order valence-corrected chi connectivity index (χ1v) is 11.8. The van der Waals surface area contributed by atoms with Crippen LogP contribution in [-0.4, -0.2) is 45.6 Å². The van der Waals surface area contributed by atoms with E-state index in [1.807, 2.05) is 0 Å². The van der Waals surface area contributed by atoms with Crippen LogP contribution in [0.5, 0.6) is 0 Å². The zero-order valence-electron chi connectivity index (χ0n) is 19.8. The maximum absolute atomic E-state index is 12.3. The minimum Gasteiger partial charge on any atom is -0.481 e. The summed E-state index contributed by atoms with van der Waals surface area (Å²) < 4.78 is 0. The smallest absolute Gasteiger partial charge is 0.327 e. The molecule has 7 heteroatoms. The first kappa shape index (κ1) is 29.0. The number of carbonyl (C=O) groups excluding carboxylic acids is 1. The fraction of sp³-hybridized carbons (Fsp3) is 0.625. The van der Waals surface area contributed by atoms with Crippen molar-refractivity contribution in [2.24, 2.45) is 5.41 Å². The first-order chi connectivity index (χ1) is 14.3. The van der Waals surface area contributed by atoms with E-state index in [9.17, 15) is 19.5 Å². The van der Waals surface area contributed by atoms with Gasteiger partial charge in [0, 0.05) is 11.5 Å². The summed E-state index contributed by atoms with van der Waals surface area (Å²) in [7, 11) is 0. The van der Waals surface area contributed by atoms with Crippen LogP contribution in [0.15, 0.2) is 34.9 Å². The first-order valence-electron chi connectivity index (χ1n) is 10.6. The van der Waals surface area contributed by atoms with Crippen LogP contribution in [0.3, 0.4) is 0 Å². The standard InChI is InChI=1S/C24H39NO5S/c1-17(2)9-7-10-18(3)11-8-12-19(4)13-14-31-16-20(22(28)29)25-23(30)24(5,6)15-21(26)27/h9,11,13,20H,7-8,10,12,14-16H2,1-6H3,(H,25,30)(H,26,27)(H,28,29). The van der Waals surface area contributed by atoms with Crippen molar-refractivity contribution in [1.82, 2.24) is 5.32 Å². The van der Waals surface area contributed by atoms with Crippen LogP contribution in [0, 0.1) is 5.41 Å². The van der Waals surface area contributed by atoms with Gasteiger partial charge in [0.05, 0.1) is 11.8 Å². The van der Waals surface area contributed by atoms with Crippen LogP contribution in [0.1, 0.15) is 73.6 Å². The average molecular weight is 454 g/mol. The van der Waals surface area contributed by atoms with Gasteiger partial charge < -0.3 is 15.5 Å². The molecule has 0 aromatic carbocycles. The van der Waals surface area contributed by atoms with Crippen molar-refractivity contribution in [3.8, 4) is 0 Å². The minimum atomic E-state index is -1.17. The highest BCUT2D eigenvalue weighted by atomic mass is 32.2. The molecule has 0 heterocycles. The summed E-state index contributed by atoms with van der Waals surface area (Å²) in [5.41, 5.74) is 2.82. The number of carboxylic acid groups (broad SMARTS) is 2. The van der Waals surface area contributed by atoms with E-state index in [-0.39, 0.29) is 12.2 Å². The molecule has 3 N–H and O–H groups in total.